The summed E-state index contributed by atoms with van der Waals surface area (Å²) < 4.78 is 0. The van der Waals surface area contributed by atoms with Crippen molar-refractivity contribution in [2.24, 2.45) is 11.8 Å². The van der Waals surface area contributed by atoms with Crippen LogP contribution >= 0.6 is 0 Å². The Morgan fingerprint density at radius 2 is 2.21 bits per heavy atom. The number of pyridine rings is 1. The average Bonchev–Trinajstić information content (AvgIpc) is 3.03. The maximum absolute atomic E-state index is 11.6. The van der Waals surface area contributed by atoms with E-state index >= 15 is 0 Å². The number of aromatic nitrogens is 1. The van der Waals surface area contributed by atoms with Crippen molar-refractivity contribution in [3.8, 4) is 0 Å². The number of fused-ring (bicyclic) bond motifs is 1. The van der Waals surface area contributed by atoms with E-state index in [2.05, 4.69) is 15.6 Å². The fourth-order valence-electron chi connectivity index (χ4n) is 3.73. The first-order valence-corrected chi connectivity index (χ1v) is 7.22. The molecule has 4 nitrogen and oxygen atoms in total. The van der Waals surface area contributed by atoms with E-state index in [0.29, 0.717) is 11.6 Å². The van der Waals surface area contributed by atoms with Gasteiger partial charge < -0.3 is 10.6 Å². The summed E-state index contributed by atoms with van der Waals surface area (Å²) in [5.41, 5.74) is 0.668. The number of hydrogen-bond acceptors (Lipinski definition) is 3. The Balaban J connectivity index is 1.71. The van der Waals surface area contributed by atoms with Crippen molar-refractivity contribution in [3.05, 3.63) is 23.9 Å². The lowest BCUT2D eigenvalue weighted by molar-refractivity contribution is 0.0963. The Labute approximate surface area is 114 Å². The lowest BCUT2D eigenvalue weighted by atomic mass is 9.97. The Hall–Kier alpha value is -1.58. The number of carbonyl (C=O) groups is 1. The Morgan fingerprint density at radius 1 is 1.32 bits per heavy atom. The fourth-order valence-corrected chi connectivity index (χ4v) is 3.73. The van der Waals surface area contributed by atoms with Gasteiger partial charge in [0.25, 0.3) is 5.91 Å². The van der Waals surface area contributed by atoms with Gasteiger partial charge in [-0.2, -0.15) is 0 Å². The summed E-state index contributed by atoms with van der Waals surface area (Å²) in [7, 11) is 1.65. The number of rotatable bonds is 3. The standard InChI is InChI=1S/C15H21N3O/c1-16-15(19)11-7-8-17-14(9-11)18-13-6-5-10-3-2-4-12(10)13/h7-10,12-13H,2-6H2,1H3,(H,16,19)(H,17,18)/t10-,12-,13-/m0/s1. The summed E-state index contributed by atoms with van der Waals surface area (Å²) in [4.78, 5) is 16.0. The van der Waals surface area contributed by atoms with Crippen LogP contribution in [0.15, 0.2) is 18.3 Å². The van der Waals surface area contributed by atoms with Gasteiger partial charge in [0.15, 0.2) is 0 Å². The Kier molecular flexibility index (Phi) is 3.40. The predicted molar refractivity (Wildman–Crippen MR) is 75.1 cm³/mol. The van der Waals surface area contributed by atoms with Crippen molar-refractivity contribution < 1.29 is 4.79 Å². The third-order valence-corrected chi connectivity index (χ3v) is 4.67. The first-order chi connectivity index (χ1) is 9.28. The van der Waals surface area contributed by atoms with E-state index in [4.69, 9.17) is 0 Å². The van der Waals surface area contributed by atoms with Crippen LogP contribution in [0, 0.1) is 11.8 Å². The molecule has 3 atom stereocenters. The molecule has 2 saturated carbocycles. The number of nitrogens with one attached hydrogen (secondary N) is 2. The van der Waals surface area contributed by atoms with Crippen LogP contribution in [-0.2, 0) is 0 Å². The van der Waals surface area contributed by atoms with Crippen LogP contribution in [-0.4, -0.2) is 24.0 Å². The first-order valence-electron chi connectivity index (χ1n) is 7.22. The molecule has 0 aromatic carbocycles. The molecule has 2 N–H and O–H groups in total. The number of nitrogens with zero attached hydrogens (tertiary/aromatic N) is 1. The highest BCUT2D eigenvalue weighted by atomic mass is 16.1. The van der Waals surface area contributed by atoms with Gasteiger partial charge >= 0.3 is 0 Å². The van der Waals surface area contributed by atoms with Crippen molar-refractivity contribution in [2.45, 2.75) is 38.1 Å². The molecule has 2 fully saturated rings. The van der Waals surface area contributed by atoms with E-state index in [1.54, 1.807) is 19.3 Å². The van der Waals surface area contributed by atoms with E-state index in [9.17, 15) is 4.79 Å². The Morgan fingerprint density at radius 3 is 3.05 bits per heavy atom. The van der Waals surface area contributed by atoms with Gasteiger partial charge in [-0.1, -0.05) is 12.8 Å². The van der Waals surface area contributed by atoms with Gasteiger partial charge in [-0.3, -0.25) is 4.79 Å². The van der Waals surface area contributed by atoms with Gasteiger partial charge in [0.2, 0.25) is 0 Å². The number of hydrogen-bond donors (Lipinski definition) is 2. The van der Waals surface area contributed by atoms with Gasteiger partial charge in [0.05, 0.1) is 0 Å². The van der Waals surface area contributed by atoms with Gasteiger partial charge in [0.1, 0.15) is 5.82 Å². The van der Waals surface area contributed by atoms with E-state index in [-0.39, 0.29) is 5.91 Å². The van der Waals surface area contributed by atoms with Crippen LogP contribution in [0.25, 0.3) is 0 Å². The van der Waals surface area contributed by atoms with Crippen LogP contribution in [0.2, 0.25) is 0 Å². The highest BCUT2D eigenvalue weighted by Gasteiger charge is 2.39. The molecule has 1 aromatic rings. The molecular weight excluding hydrogens is 238 g/mol. The lowest BCUT2D eigenvalue weighted by Crippen LogP contribution is -2.25. The molecule has 0 unspecified atom stereocenters. The van der Waals surface area contributed by atoms with E-state index in [1.165, 1.54) is 32.1 Å². The van der Waals surface area contributed by atoms with Crippen LogP contribution in [0.4, 0.5) is 5.82 Å². The molecule has 102 valence electrons. The third kappa shape index (κ3) is 2.44. The van der Waals surface area contributed by atoms with Gasteiger partial charge in [-0.15, -0.1) is 0 Å². The highest BCUT2D eigenvalue weighted by molar-refractivity contribution is 5.94. The van der Waals surface area contributed by atoms with E-state index in [0.717, 1.165) is 17.7 Å². The summed E-state index contributed by atoms with van der Waals surface area (Å²) in [5, 5.41) is 6.19. The molecule has 1 heterocycles. The molecule has 0 aliphatic heterocycles. The third-order valence-electron chi connectivity index (χ3n) is 4.67. The summed E-state index contributed by atoms with van der Waals surface area (Å²) in [6.45, 7) is 0. The normalized spacial score (nSPS) is 29.0. The molecule has 4 heteroatoms. The summed E-state index contributed by atoms with van der Waals surface area (Å²) in [6, 6.07) is 4.14. The zero-order chi connectivity index (χ0) is 13.2. The first kappa shape index (κ1) is 12.5. The van der Waals surface area contributed by atoms with Crippen LogP contribution < -0.4 is 10.6 Å². The number of anilines is 1. The minimum absolute atomic E-state index is 0.0596. The minimum atomic E-state index is -0.0596. The number of amides is 1. The molecule has 2 aliphatic rings. The van der Waals surface area contributed by atoms with E-state index in [1.807, 2.05) is 6.07 Å². The molecule has 3 rings (SSSR count). The van der Waals surface area contributed by atoms with Crippen LogP contribution in [0.5, 0.6) is 0 Å². The highest BCUT2D eigenvalue weighted by Crippen LogP contribution is 2.44. The summed E-state index contributed by atoms with van der Waals surface area (Å²) in [5.74, 6) is 2.50. The minimum Gasteiger partial charge on any atom is -0.367 e. The van der Waals surface area contributed by atoms with Crippen molar-refractivity contribution in [1.82, 2.24) is 10.3 Å². The van der Waals surface area contributed by atoms with E-state index < -0.39 is 0 Å². The second kappa shape index (κ2) is 5.19. The van der Waals surface area contributed by atoms with Gasteiger partial charge in [-0.25, -0.2) is 4.98 Å². The lowest BCUT2D eigenvalue weighted by Gasteiger charge is -2.20. The fraction of sp³-hybridized carbons (Fsp3) is 0.600. The van der Waals surface area contributed by atoms with Crippen molar-refractivity contribution in [1.29, 1.82) is 0 Å². The molecule has 1 amide bonds. The molecule has 0 bridgehead atoms. The summed E-state index contributed by atoms with van der Waals surface area (Å²) in [6.07, 6.45) is 8.40. The van der Waals surface area contributed by atoms with Crippen molar-refractivity contribution in [3.63, 3.8) is 0 Å². The molecule has 0 radical (unpaired) electrons. The Bertz CT molecular complexity index is 474. The second-order valence-electron chi connectivity index (χ2n) is 5.69. The molecule has 2 aliphatic carbocycles. The zero-order valence-corrected chi connectivity index (χ0v) is 11.4. The van der Waals surface area contributed by atoms with Crippen molar-refractivity contribution >= 4 is 11.7 Å². The predicted octanol–water partition coefficient (Wildman–Crippen LogP) is 2.43. The zero-order valence-electron chi connectivity index (χ0n) is 11.4. The summed E-state index contributed by atoms with van der Waals surface area (Å²) >= 11 is 0. The van der Waals surface area contributed by atoms with Crippen molar-refractivity contribution in [2.75, 3.05) is 12.4 Å². The number of carbonyl (C=O) groups excluding carboxylic acids is 1. The molecular formula is C15H21N3O. The van der Waals surface area contributed by atoms with Crippen LogP contribution in [0.1, 0.15) is 42.5 Å². The maximum atomic E-state index is 11.6. The second-order valence-corrected chi connectivity index (χ2v) is 5.69. The van der Waals surface area contributed by atoms with Crippen LogP contribution in [0.3, 0.4) is 0 Å². The maximum Gasteiger partial charge on any atom is 0.251 e. The molecule has 0 saturated heterocycles. The monoisotopic (exact) mass is 259 g/mol. The SMILES string of the molecule is CNC(=O)c1ccnc(N[C@H]2CC[C@@H]3CCC[C@@H]32)c1. The molecule has 0 spiro atoms. The quantitative estimate of drug-likeness (QED) is 0.876. The van der Waals surface area contributed by atoms with Gasteiger partial charge in [0, 0.05) is 24.8 Å². The smallest absolute Gasteiger partial charge is 0.251 e. The largest absolute Gasteiger partial charge is 0.367 e. The molecule has 1 aromatic heterocycles. The average molecular weight is 259 g/mol. The molecule has 19 heavy (non-hydrogen) atoms. The van der Waals surface area contributed by atoms with Gasteiger partial charge in [-0.05, 0) is 43.2 Å². The topological polar surface area (TPSA) is 54.0 Å².